The third-order valence-electron chi connectivity index (χ3n) is 3.30. The van der Waals surface area contributed by atoms with E-state index in [0.717, 1.165) is 0 Å². The highest BCUT2D eigenvalue weighted by Crippen LogP contribution is 2.25. The highest BCUT2D eigenvalue weighted by atomic mass is 16.2. The number of rotatable bonds is 1. The topological polar surface area (TPSA) is 41.1 Å². The molecule has 0 spiro atoms. The Balaban J connectivity index is 1.89. The van der Waals surface area contributed by atoms with E-state index in [-0.39, 0.29) is 12.1 Å². The van der Waals surface area contributed by atoms with Crippen LogP contribution >= 0.6 is 0 Å². The van der Waals surface area contributed by atoms with E-state index in [4.69, 9.17) is 0 Å². The van der Waals surface area contributed by atoms with Crippen molar-refractivity contribution < 1.29 is 4.79 Å². The van der Waals surface area contributed by atoms with Gasteiger partial charge in [-0.15, -0.1) is 0 Å². The maximum atomic E-state index is 11.0. The fourth-order valence-electron chi connectivity index (χ4n) is 2.46. The second kappa shape index (κ2) is 3.26. The molecule has 3 heteroatoms. The molecule has 1 unspecified atom stereocenters. The molecule has 1 atom stereocenters. The molecule has 1 fully saturated rings. The molecule has 1 aromatic carbocycles. The summed E-state index contributed by atoms with van der Waals surface area (Å²) in [6.07, 6.45) is 3.68. The number of hydrogen-bond donors (Lipinski definition) is 2. The van der Waals surface area contributed by atoms with Crippen LogP contribution in [0.25, 0.3) is 0 Å². The first kappa shape index (κ1) is 8.77. The minimum atomic E-state index is -0.0551. The van der Waals surface area contributed by atoms with E-state index in [0.29, 0.717) is 6.54 Å². The van der Waals surface area contributed by atoms with Crippen molar-refractivity contribution in [2.75, 3.05) is 6.54 Å². The van der Waals surface area contributed by atoms with Crippen molar-refractivity contribution in [3.05, 3.63) is 34.9 Å². The van der Waals surface area contributed by atoms with Gasteiger partial charge in [0.2, 0.25) is 0 Å². The van der Waals surface area contributed by atoms with Gasteiger partial charge in [0.25, 0.3) is 0 Å². The first-order valence-corrected chi connectivity index (χ1v) is 5.49. The fourth-order valence-corrected chi connectivity index (χ4v) is 2.46. The second-order valence-electron chi connectivity index (χ2n) is 4.29. The van der Waals surface area contributed by atoms with E-state index in [1.54, 1.807) is 0 Å². The van der Waals surface area contributed by atoms with E-state index in [1.807, 2.05) is 0 Å². The summed E-state index contributed by atoms with van der Waals surface area (Å²) in [5.41, 5.74) is 4.18. The standard InChI is InChI=1S/C12H14N2O/c15-12-13-7-11(14-12)10-5-4-8-2-1-3-9(8)6-10/h4-6,11H,1-3,7H2,(H2,13,14,15). The van der Waals surface area contributed by atoms with Gasteiger partial charge >= 0.3 is 6.03 Å². The Labute approximate surface area is 88.9 Å². The zero-order valence-electron chi connectivity index (χ0n) is 8.55. The summed E-state index contributed by atoms with van der Waals surface area (Å²) >= 11 is 0. The summed E-state index contributed by atoms with van der Waals surface area (Å²) in [6, 6.07) is 6.70. The van der Waals surface area contributed by atoms with Crippen LogP contribution in [0.5, 0.6) is 0 Å². The highest BCUT2D eigenvalue weighted by Gasteiger charge is 2.22. The maximum Gasteiger partial charge on any atom is 0.315 e. The van der Waals surface area contributed by atoms with Gasteiger partial charge in [-0.3, -0.25) is 0 Å². The molecular formula is C12H14N2O. The second-order valence-corrected chi connectivity index (χ2v) is 4.29. The molecule has 0 bridgehead atoms. The number of hydrogen-bond acceptors (Lipinski definition) is 1. The predicted molar refractivity (Wildman–Crippen MR) is 57.7 cm³/mol. The van der Waals surface area contributed by atoms with Crippen LogP contribution in [0.4, 0.5) is 4.79 Å². The molecule has 2 N–H and O–H groups in total. The van der Waals surface area contributed by atoms with Crippen molar-refractivity contribution in [1.29, 1.82) is 0 Å². The molecule has 0 saturated carbocycles. The van der Waals surface area contributed by atoms with Gasteiger partial charge in [-0.25, -0.2) is 4.79 Å². The Morgan fingerprint density at radius 1 is 1.20 bits per heavy atom. The van der Waals surface area contributed by atoms with E-state index >= 15 is 0 Å². The number of urea groups is 1. The van der Waals surface area contributed by atoms with Gasteiger partial charge in [0.15, 0.2) is 0 Å². The average molecular weight is 202 g/mol. The van der Waals surface area contributed by atoms with Gasteiger partial charge in [0.05, 0.1) is 6.04 Å². The number of carbonyl (C=O) groups excluding carboxylic acids is 1. The van der Waals surface area contributed by atoms with Gasteiger partial charge in [-0.1, -0.05) is 18.2 Å². The molecule has 1 saturated heterocycles. The summed E-state index contributed by atoms with van der Waals surface area (Å²) in [5, 5.41) is 5.70. The molecule has 1 aromatic rings. The van der Waals surface area contributed by atoms with Gasteiger partial charge in [-0.05, 0) is 36.0 Å². The van der Waals surface area contributed by atoms with Crippen LogP contribution in [0.3, 0.4) is 0 Å². The van der Waals surface area contributed by atoms with E-state index < -0.39 is 0 Å². The van der Waals surface area contributed by atoms with Crippen molar-refractivity contribution >= 4 is 6.03 Å². The smallest absolute Gasteiger partial charge is 0.315 e. The quantitative estimate of drug-likeness (QED) is 0.712. The minimum absolute atomic E-state index is 0.0551. The number of aryl methyl sites for hydroxylation is 2. The van der Waals surface area contributed by atoms with E-state index in [2.05, 4.69) is 28.8 Å². The molecule has 3 rings (SSSR count). The minimum Gasteiger partial charge on any atom is -0.336 e. The maximum absolute atomic E-state index is 11.0. The molecule has 2 amide bonds. The molecule has 1 heterocycles. The van der Waals surface area contributed by atoms with E-state index in [9.17, 15) is 4.79 Å². The van der Waals surface area contributed by atoms with Crippen molar-refractivity contribution in [1.82, 2.24) is 10.6 Å². The Hall–Kier alpha value is -1.51. The Bertz CT molecular complexity index is 414. The van der Waals surface area contributed by atoms with Gasteiger partial charge in [0, 0.05) is 6.54 Å². The summed E-state index contributed by atoms with van der Waals surface area (Å²) < 4.78 is 0. The number of fused-ring (bicyclic) bond motifs is 1. The van der Waals surface area contributed by atoms with Crippen LogP contribution in [0, 0.1) is 0 Å². The zero-order chi connectivity index (χ0) is 10.3. The summed E-state index contributed by atoms with van der Waals surface area (Å²) in [6.45, 7) is 0.706. The fraction of sp³-hybridized carbons (Fsp3) is 0.417. The monoisotopic (exact) mass is 202 g/mol. The first-order chi connectivity index (χ1) is 7.33. The number of nitrogens with one attached hydrogen (secondary N) is 2. The molecule has 3 nitrogen and oxygen atoms in total. The van der Waals surface area contributed by atoms with Gasteiger partial charge < -0.3 is 10.6 Å². The Morgan fingerprint density at radius 3 is 2.87 bits per heavy atom. The summed E-state index contributed by atoms with van der Waals surface area (Å²) in [7, 11) is 0. The number of benzene rings is 1. The lowest BCUT2D eigenvalue weighted by Gasteiger charge is -2.10. The normalized spacial score (nSPS) is 23.5. The number of carbonyl (C=O) groups is 1. The van der Waals surface area contributed by atoms with Gasteiger partial charge in [0.1, 0.15) is 0 Å². The summed E-state index contributed by atoms with van der Waals surface area (Å²) in [4.78, 5) is 11.0. The van der Waals surface area contributed by atoms with Crippen LogP contribution in [0.15, 0.2) is 18.2 Å². The molecular weight excluding hydrogens is 188 g/mol. The van der Waals surface area contributed by atoms with Crippen LogP contribution in [-0.4, -0.2) is 12.6 Å². The number of amides is 2. The van der Waals surface area contributed by atoms with E-state index in [1.165, 1.54) is 36.0 Å². The lowest BCUT2D eigenvalue weighted by atomic mass is 10.0. The predicted octanol–water partition coefficient (Wildman–Crippen LogP) is 1.53. The first-order valence-electron chi connectivity index (χ1n) is 5.49. The van der Waals surface area contributed by atoms with Crippen LogP contribution in [0.1, 0.15) is 29.2 Å². The third-order valence-corrected chi connectivity index (χ3v) is 3.30. The molecule has 15 heavy (non-hydrogen) atoms. The largest absolute Gasteiger partial charge is 0.336 e. The van der Waals surface area contributed by atoms with Gasteiger partial charge in [-0.2, -0.15) is 0 Å². The van der Waals surface area contributed by atoms with Crippen molar-refractivity contribution in [2.45, 2.75) is 25.3 Å². The molecule has 0 radical (unpaired) electrons. The Kier molecular flexibility index (Phi) is 1.91. The van der Waals surface area contributed by atoms with Crippen molar-refractivity contribution in [3.63, 3.8) is 0 Å². The van der Waals surface area contributed by atoms with Crippen molar-refractivity contribution in [2.24, 2.45) is 0 Å². The third kappa shape index (κ3) is 1.48. The molecule has 1 aliphatic carbocycles. The average Bonchev–Trinajstić information content (AvgIpc) is 2.84. The molecule has 0 aromatic heterocycles. The molecule has 78 valence electrons. The van der Waals surface area contributed by atoms with Crippen molar-refractivity contribution in [3.8, 4) is 0 Å². The molecule has 1 aliphatic heterocycles. The highest BCUT2D eigenvalue weighted by molar-refractivity contribution is 5.76. The van der Waals surface area contributed by atoms with Crippen LogP contribution in [0.2, 0.25) is 0 Å². The lowest BCUT2D eigenvalue weighted by molar-refractivity contribution is 0.247. The zero-order valence-corrected chi connectivity index (χ0v) is 8.55. The van der Waals surface area contributed by atoms with Crippen LogP contribution in [-0.2, 0) is 12.8 Å². The SMILES string of the molecule is O=C1NCC(c2ccc3c(c2)CCC3)N1. The van der Waals surface area contributed by atoms with Crippen LogP contribution < -0.4 is 10.6 Å². The lowest BCUT2D eigenvalue weighted by Crippen LogP contribution is -2.21. The molecule has 2 aliphatic rings. The Morgan fingerprint density at radius 2 is 2.07 bits per heavy atom. The summed E-state index contributed by atoms with van der Waals surface area (Å²) in [5.74, 6) is 0.